The van der Waals surface area contributed by atoms with Crippen LogP contribution in [0.15, 0.2) is 0 Å². The highest BCUT2D eigenvalue weighted by molar-refractivity contribution is 7.77. The van der Waals surface area contributed by atoms with E-state index in [0.29, 0.717) is 31.7 Å². The Hall–Kier alpha value is -0.340. The van der Waals surface area contributed by atoms with Crippen molar-refractivity contribution in [2.24, 2.45) is 17.8 Å². The molecule has 0 aromatic rings. The normalized spacial score (nSPS) is 38.1. The molecule has 0 unspecified atom stereocenters. The van der Waals surface area contributed by atoms with E-state index in [-0.39, 0.29) is 30.0 Å². The molecule has 5 aliphatic rings. The maximum Gasteiger partial charge on any atom is 0.309 e. The molecule has 62 heavy (non-hydrogen) atoms. The molecule has 0 bridgehead atoms. The number of cyclic esters (lactones) is 1. The molecule has 0 spiro atoms. The van der Waals surface area contributed by atoms with Gasteiger partial charge in [-0.3, -0.25) is 4.79 Å². The Morgan fingerprint density at radius 3 is 1.82 bits per heavy atom. The Labute approximate surface area is 382 Å². The number of hydrogen-bond donors (Lipinski definition) is 2. The number of aliphatic hydroxyl groups is 2. The molecule has 5 fully saturated rings. The zero-order valence-corrected chi connectivity index (χ0v) is 43.0. The van der Waals surface area contributed by atoms with Gasteiger partial charge in [0.1, 0.15) is 11.7 Å². The van der Waals surface area contributed by atoms with E-state index in [9.17, 15) is 15.0 Å². The van der Waals surface area contributed by atoms with Crippen molar-refractivity contribution in [3.63, 3.8) is 0 Å². The Kier molecular flexibility index (Phi) is 20.9. The van der Waals surface area contributed by atoms with Gasteiger partial charge in [0.05, 0.1) is 46.9 Å². The molecule has 2 N–H and O–H groups in total. The van der Waals surface area contributed by atoms with Crippen LogP contribution in [-0.4, -0.2) is 124 Å². The summed E-state index contributed by atoms with van der Waals surface area (Å²) < 4.78 is 19.5. The van der Waals surface area contributed by atoms with Crippen LogP contribution in [0, 0.1) is 17.8 Å². The van der Waals surface area contributed by atoms with Gasteiger partial charge in [0.15, 0.2) is 6.29 Å². The fourth-order valence-corrected chi connectivity index (χ4v) is 21.8. The minimum atomic E-state index is -1.16. The number of nitrogens with zero attached hydrogens (tertiary/aromatic N) is 2. The van der Waals surface area contributed by atoms with Crippen molar-refractivity contribution >= 4 is 13.2 Å². The van der Waals surface area contributed by atoms with Crippen molar-refractivity contribution < 1.29 is 29.2 Å². The van der Waals surface area contributed by atoms with Gasteiger partial charge < -0.3 is 34.2 Å². The molecule has 11 atom stereocenters. The van der Waals surface area contributed by atoms with Crippen LogP contribution in [0.1, 0.15) is 216 Å². The maximum atomic E-state index is 13.8. The van der Waals surface area contributed by atoms with Gasteiger partial charge in [0.25, 0.3) is 0 Å². The first-order chi connectivity index (χ1) is 29.5. The van der Waals surface area contributed by atoms with Gasteiger partial charge in [0.2, 0.25) is 0 Å². The average molecular weight is 892 g/mol. The molecular weight excluding hydrogens is 792 g/mol. The van der Waals surface area contributed by atoms with Gasteiger partial charge in [-0.05, 0) is 189 Å². The van der Waals surface area contributed by atoms with Crippen LogP contribution < -0.4 is 0 Å². The summed E-state index contributed by atoms with van der Waals surface area (Å²) in [5.74, 6) is -0.637. The standard InChI is InChI=1S/C53H100N2O6P/c1-11-48-52(7,57)37-42(5)55(31-23-12-13-24-32-62(45-25-17-14-18-26-45,46-27-19-15-20-28-46)47-29-21-16-22-30-47)38-39(2)36-53(8,58)50(40(3)33-41(4)51(56)60-48)61-49-35-44(54(9)10)34-43(6)59-49/h39-50,57-58H,11-38H2,1-10H3/q+1/t39-,40+,41-,42-,43-,44+,48-,49+,50-,52+,53-/m1/s1. The number of ether oxygens (including phenoxy) is 3. The maximum absolute atomic E-state index is 13.8. The quantitative estimate of drug-likeness (QED) is 0.101. The lowest BCUT2D eigenvalue weighted by atomic mass is 9.79. The van der Waals surface area contributed by atoms with E-state index in [2.05, 4.69) is 51.6 Å². The van der Waals surface area contributed by atoms with Crippen molar-refractivity contribution in [2.75, 3.05) is 33.3 Å². The van der Waals surface area contributed by atoms with Gasteiger partial charge in [-0.2, -0.15) is 0 Å². The molecule has 362 valence electrons. The molecule has 0 amide bonds. The van der Waals surface area contributed by atoms with E-state index in [4.69, 9.17) is 14.2 Å². The smallest absolute Gasteiger partial charge is 0.309 e. The second-order valence-electron chi connectivity index (χ2n) is 23.0. The van der Waals surface area contributed by atoms with Crippen molar-refractivity contribution in [1.29, 1.82) is 0 Å². The van der Waals surface area contributed by atoms with Crippen molar-refractivity contribution in [1.82, 2.24) is 9.80 Å². The van der Waals surface area contributed by atoms with Crippen LogP contribution >= 0.6 is 7.26 Å². The largest absolute Gasteiger partial charge is 0.459 e. The summed E-state index contributed by atoms with van der Waals surface area (Å²) in [5.41, 5.74) is 0.885. The van der Waals surface area contributed by atoms with E-state index < -0.39 is 42.9 Å². The molecule has 8 nitrogen and oxygen atoms in total. The molecule has 0 radical (unpaired) electrons. The first-order valence-electron chi connectivity index (χ1n) is 26.7. The van der Waals surface area contributed by atoms with E-state index in [1.807, 2.05) is 27.7 Å². The number of esters is 1. The second kappa shape index (κ2) is 24.6. The van der Waals surface area contributed by atoms with Gasteiger partial charge in [-0.25, -0.2) is 0 Å². The van der Waals surface area contributed by atoms with Crippen LogP contribution in [0.2, 0.25) is 0 Å². The third-order valence-corrected chi connectivity index (χ3v) is 23.9. The van der Waals surface area contributed by atoms with Crippen molar-refractivity contribution in [2.45, 2.75) is 281 Å². The van der Waals surface area contributed by atoms with Gasteiger partial charge in [-0.1, -0.05) is 53.4 Å². The Bertz CT molecular complexity index is 1250. The number of rotatable bonds is 14. The minimum absolute atomic E-state index is 0.0557. The summed E-state index contributed by atoms with van der Waals surface area (Å²) in [6.07, 6.45) is 31.6. The zero-order valence-electron chi connectivity index (χ0n) is 42.1. The summed E-state index contributed by atoms with van der Waals surface area (Å²) >= 11 is 0. The first-order valence-corrected chi connectivity index (χ1v) is 28.9. The Morgan fingerprint density at radius 1 is 0.742 bits per heavy atom. The highest BCUT2D eigenvalue weighted by Crippen LogP contribution is 2.77. The number of hydrogen-bond acceptors (Lipinski definition) is 8. The molecular formula is C53H100N2O6P+. The SMILES string of the molecule is CC[C@H]1OC(=O)[C@H](C)C[C@H](C)[C@@H](O[C@H]2C[C@@H](N(C)C)C[C@@H](C)O2)[C@](C)(O)C[C@@H](C)CN(CCCCCC[P+](C2CCCCC2)(C2CCCCC2)C2CCCCC2)[C@H](C)C[C@]1(C)O. The molecule has 3 aliphatic carbocycles. The predicted octanol–water partition coefficient (Wildman–Crippen LogP) is 12.0. The number of unbranched alkanes of at least 4 members (excludes halogenated alkanes) is 3. The molecule has 5 rings (SSSR count). The van der Waals surface area contributed by atoms with Crippen LogP contribution in [0.5, 0.6) is 0 Å². The molecule has 0 aromatic heterocycles. The summed E-state index contributed by atoms with van der Waals surface area (Å²) in [7, 11) is 3.19. The zero-order chi connectivity index (χ0) is 45.1. The van der Waals surface area contributed by atoms with Crippen molar-refractivity contribution in [3.05, 3.63) is 0 Å². The topological polar surface area (TPSA) is 91.7 Å². The lowest BCUT2D eigenvalue weighted by Gasteiger charge is -2.49. The molecule has 3 saturated carbocycles. The fourth-order valence-electron chi connectivity index (χ4n) is 14.1. The van der Waals surface area contributed by atoms with E-state index in [0.717, 1.165) is 49.3 Å². The third-order valence-electron chi connectivity index (χ3n) is 17.2. The highest BCUT2D eigenvalue weighted by Gasteiger charge is 2.56. The Morgan fingerprint density at radius 2 is 1.29 bits per heavy atom. The Balaban J connectivity index is 1.30. The fraction of sp³-hybridized carbons (Fsp3) is 0.981. The van der Waals surface area contributed by atoms with Crippen LogP contribution in [0.4, 0.5) is 0 Å². The van der Waals surface area contributed by atoms with E-state index >= 15 is 0 Å². The van der Waals surface area contributed by atoms with Gasteiger partial charge >= 0.3 is 5.97 Å². The van der Waals surface area contributed by atoms with Crippen LogP contribution in [0.3, 0.4) is 0 Å². The highest BCUT2D eigenvalue weighted by atomic mass is 31.2. The molecule has 2 saturated heterocycles. The number of carbonyl (C=O) groups excluding carboxylic acids is 1. The van der Waals surface area contributed by atoms with E-state index in [1.165, 1.54) is 116 Å². The summed E-state index contributed by atoms with van der Waals surface area (Å²) in [6, 6.07) is 0.420. The first kappa shape index (κ1) is 52.6. The minimum Gasteiger partial charge on any atom is -0.459 e. The average Bonchev–Trinajstić information content (AvgIpc) is 3.23. The van der Waals surface area contributed by atoms with Crippen LogP contribution in [-0.2, 0) is 19.0 Å². The monoisotopic (exact) mass is 892 g/mol. The summed E-state index contributed by atoms with van der Waals surface area (Å²) in [5, 5.41) is 24.6. The van der Waals surface area contributed by atoms with E-state index in [1.54, 1.807) is 6.16 Å². The molecule has 9 heteroatoms. The lowest BCUT2D eigenvalue weighted by Crippen LogP contribution is -2.52. The van der Waals surface area contributed by atoms with Crippen molar-refractivity contribution in [3.8, 4) is 0 Å². The molecule has 2 heterocycles. The van der Waals surface area contributed by atoms with Gasteiger partial charge in [0, 0.05) is 32.3 Å². The molecule has 0 aromatic carbocycles. The summed E-state index contributed by atoms with van der Waals surface area (Å²) in [6.45, 7) is 18.3. The number of carbonyl (C=O) groups is 1. The lowest BCUT2D eigenvalue weighted by molar-refractivity contribution is -0.261. The van der Waals surface area contributed by atoms with Gasteiger partial charge in [-0.15, -0.1) is 0 Å². The summed E-state index contributed by atoms with van der Waals surface area (Å²) in [4.78, 5) is 18.6. The molecule has 2 aliphatic heterocycles. The third kappa shape index (κ3) is 14.3. The second-order valence-corrected chi connectivity index (χ2v) is 27.7. The predicted molar refractivity (Wildman–Crippen MR) is 261 cm³/mol. The van der Waals surface area contributed by atoms with Crippen LogP contribution in [0.25, 0.3) is 0 Å².